The molecule has 142 valence electrons. The molecule has 0 aliphatic rings. The van der Waals surface area contributed by atoms with E-state index in [1.165, 1.54) is 6.07 Å². The summed E-state index contributed by atoms with van der Waals surface area (Å²) >= 11 is 0. The summed E-state index contributed by atoms with van der Waals surface area (Å²) in [5, 5.41) is 7.22. The van der Waals surface area contributed by atoms with Gasteiger partial charge in [-0.1, -0.05) is 30.3 Å². The van der Waals surface area contributed by atoms with Gasteiger partial charge in [0.1, 0.15) is 11.5 Å². The molecule has 0 saturated carbocycles. The van der Waals surface area contributed by atoms with E-state index in [-0.39, 0.29) is 24.8 Å². The van der Waals surface area contributed by atoms with Crippen molar-refractivity contribution in [3.63, 3.8) is 0 Å². The van der Waals surface area contributed by atoms with Gasteiger partial charge < -0.3 is 28.2 Å². The van der Waals surface area contributed by atoms with Gasteiger partial charge in [0.05, 0.1) is 13.2 Å². The normalized spacial score (nSPS) is 10.1. The van der Waals surface area contributed by atoms with Crippen molar-refractivity contribution in [2.45, 2.75) is 13.5 Å². The molecule has 6 nitrogen and oxygen atoms in total. The Hall–Kier alpha value is -3.06. The summed E-state index contributed by atoms with van der Waals surface area (Å²) in [7, 11) is 0. The first-order chi connectivity index (χ1) is 12.6. The lowest BCUT2D eigenvalue weighted by molar-refractivity contribution is -0.342. The number of anilines is 3. The van der Waals surface area contributed by atoms with Gasteiger partial charge in [0.25, 0.3) is 0 Å². The minimum Gasteiger partial charge on any atom is -1.00 e. The molecule has 8 heteroatoms. The van der Waals surface area contributed by atoms with Crippen LogP contribution in [0.5, 0.6) is 0 Å². The number of aromatic nitrogens is 1. The zero-order valence-electron chi connectivity index (χ0n) is 14.7. The van der Waals surface area contributed by atoms with E-state index in [4.69, 9.17) is 10.5 Å². The highest BCUT2D eigenvalue weighted by molar-refractivity contribution is 5.88. The van der Waals surface area contributed by atoms with Crippen molar-refractivity contribution in [1.82, 2.24) is 0 Å². The van der Waals surface area contributed by atoms with E-state index >= 15 is 0 Å². The van der Waals surface area contributed by atoms with Gasteiger partial charge in [-0.2, -0.15) is 0 Å². The number of pyridine rings is 1. The molecule has 0 fully saturated rings. The quantitative estimate of drug-likeness (QED) is 0.593. The Morgan fingerprint density at radius 1 is 1.15 bits per heavy atom. The molecular weight excluding hydrogens is 371 g/mol. The number of nitrogens with two attached hydrogens (primary N) is 1. The van der Waals surface area contributed by atoms with Crippen molar-refractivity contribution in [3.05, 3.63) is 59.9 Å². The van der Waals surface area contributed by atoms with Crippen molar-refractivity contribution in [2.75, 3.05) is 23.0 Å². The third-order valence-electron chi connectivity index (χ3n) is 3.92. The zero-order valence-corrected chi connectivity index (χ0v) is 15.4. The van der Waals surface area contributed by atoms with Crippen molar-refractivity contribution >= 4 is 34.2 Å². The highest BCUT2D eigenvalue weighted by atomic mass is 35.5. The number of halogens is 2. The van der Waals surface area contributed by atoms with Crippen LogP contribution in [0.3, 0.4) is 0 Å². The molecule has 1 aromatic heterocycles. The summed E-state index contributed by atoms with van der Waals surface area (Å²) < 4.78 is 18.7. The molecule has 27 heavy (non-hydrogen) atoms. The molecule has 0 aliphatic heterocycles. The van der Waals surface area contributed by atoms with Crippen LogP contribution in [0.4, 0.5) is 26.5 Å². The number of benzene rings is 2. The molecule has 0 radical (unpaired) electrons. The van der Waals surface area contributed by atoms with Crippen LogP contribution in [-0.2, 0) is 11.3 Å². The molecule has 1 amide bonds. The average Bonchev–Trinajstić information content (AvgIpc) is 2.64. The average molecular weight is 391 g/mol. The number of H-pyrrole nitrogens is 1. The first-order valence-electron chi connectivity index (χ1n) is 8.24. The smallest absolute Gasteiger partial charge is 0.411 e. The number of rotatable bonds is 5. The Balaban J connectivity index is 0.00000261. The summed E-state index contributed by atoms with van der Waals surface area (Å²) in [6, 6.07) is 14.0. The second kappa shape index (κ2) is 9.05. The van der Waals surface area contributed by atoms with Crippen molar-refractivity contribution < 1.29 is 31.3 Å². The molecule has 0 atom stereocenters. The lowest BCUT2D eigenvalue weighted by atomic mass is 10.0. The number of ether oxygens (including phenoxy) is 1. The van der Waals surface area contributed by atoms with Gasteiger partial charge in [-0.3, -0.25) is 5.32 Å². The number of hydrogen-bond donors (Lipinski definition) is 3. The molecule has 3 aromatic rings. The Bertz CT molecular complexity index is 952. The summed E-state index contributed by atoms with van der Waals surface area (Å²) in [6.45, 7) is 2.49. The van der Waals surface area contributed by atoms with Crippen molar-refractivity contribution in [3.8, 4) is 0 Å². The van der Waals surface area contributed by atoms with Crippen LogP contribution in [0.1, 0.15) is 12.5 Å². The van der Waals surface area contributed by atoms with Gasteiger partial charge in [-0.25, -0.2) is 14.2 Å². The molecule has 0 bridgehead atoms. The second-order valence-electron chi connectivity index (χ2n) is 5.65. The van der Waals surface area contributed by atoms with E-state index in [0.29, 0.717) is 29.3 Å². The first-order valence-corrected chi connectivity index (χ1v) is 8.24. The molecule has 0 spiro atoms. The number of carbonyl (C=O) groups is 1. The predicted octanol–water partition coefficient (Wildman–Crippen LogP) is 0.560. The fourth-order valence-corrected chi connectivity index (χ4v) is 2.67. The highest BCUT2D eigenvalue weighted by Crippen LogP contribution is 2.22. The Kier molecular flexibility index (Phi) is 6.79. The van der Waals surface area contributed by atoms with Crippen LogP contribution in [0, 0.1) is 5.82 Å². The molecule has 3 rings (SSSR count). The zero-order chi connectivity index (χ0) is 18.5. The van der Waals surface area contributed by atoms with Crippen LogP contribution in [0.2, 0.25) is 0 Å². The van der Waals surface area contributed by atoms with Gasteiger partial charge in [0.2, 0.25) is 11.6 Å². The van der Waals surface area contributed by atoms with Crippen LogP contribution in [0.25, 0.3) is 10.8 Å². The number of amides is 1. The number of nitrogen functional groups attached to an aromatic ring is 1. The SMILES string of the molecule is CCOC(=O)Nc1ccc(NCc2ccc(F)c3ccccc23)[nH+]c1N.[Cl-]. The molecule has 0 unspecified atom stereocenters. The minimum absolute atomic E-state index is 0. The van der Waals surface area contributed by atoms with Crippen LogP contribution in [0.15, 0.2) is 48.5 Å². The maximum Gasteiger partial charge on any atom is 0.411 e. The maximum absolute atomic E-state index is 13.9. The number of nitrogens with one attached hydrogen (secondary N) is 3. The van der Waals surface area contributed by atoms with Crippen molar-refractivity contribution in [1.29, 1.82) is 0 Å². The molecule has 1 heterocycles. The number of aromatic amines is 1. The van der Waals surface area contributed by atoms with E-state index in [2.05, 4.69) is 15.6 Å². The van der Waals surface area contributed by atoms with Gasteiger partial charge in [-0.15, -0.1) is 0 Å². The fraction of sp³-hybridized carbons (Fsp3) is 0.158. The van der Waals surface area contributed by atoms with Gasteiger partial charge in [0.15, 0.2) is 0 Å². The number of fused-ring (bicyclic) bond motifs is 1. The van der Waals surface area contributed by atoms with E-state index < -0.39 is 6.09 Å². The summed E-state index contributed by atoms with van der Waals surface area (Å²) in [5.74, 6) is 0.729. The molecule has 0 saturated heterocycles. The Morgan fingerprint density at radius 2 is 1.89 bits per heavy atom. The standard InChI is InChI=1S/C19H19FN4O2.ClH/c1-2-26-19(25)23-16-9-10-17(24-18(16)21)22-11-12-7-8-15(20)14-6-4-3-5-13(12)14;/h3-10H,2,11H2,1H3,(H,23,25)(H3,21,22,24);1H. The van der Waals surface area contributed by atoms with E-state index in [1.54, 1.807) is 31.2 Å². The van der Waals surface area contributed by atoms with Crippen LogP contribution < -0.4 is 33.8 Å². The molecule has 5 N–H and O–H groups in total. The van der Waals surface area contributed by atoms with Gasteiger partial charge in [0, 0.05) is 11.5 Å². The lowest BCUT2D eigenvalue weighted by Gasteiger charge is -2.09. The highest BCUT2D eigenvalue weighted by Gasteiger charge is 2.11. The Labute approximate surface area is 162 Å². The van der Waals surface area contributed by atoms with Crippen LogP contribution in [-0.4, -0.2) is 12.7 Å². The van der Waals surface area contributed by atoms with E-state index in [1.807, 2.05) is 18.2 Å². The van der Waals surface area contributed by atoms with Crippen molar-refractivity contribution in [2.24, 2.45) is 0 Å². The van der Waals surface area contributed by atoms with E-state index in [9.17, 15) is 9.18 Å². The van der Waals surface area contributed by atoms with Crippen LogP contribution >= 0.6 is 0 Å². The summed E-state index contributed by atoms with van der Waals surface area (Å²) in [4.78, 5) is 14.4. The third-order valence-corrected chi connectivity index (χ3v) is 3.92. The maximum atomic E-state index is 13.9. The fourth-order valence-electron chi connectivity index (χ4n) is 2.67. The molecule has 0 aliphatic carbocycles. The minimum atomic E-state index is -0.564. The largest absolute Gasteiger partial charge is 1.00 e. The third kappa shape index (κ3) is 4.77. The van der Waals surface area contributed by atoms with E-state index in [0.717, 1.165) is 10.9 Å². The monoisotopic (exact) mass is 390 g/mol. The predicted molar refractivity (Wildman–Crippen MR) is 99.3 cm³/mol. The Morgan fingerprint density at radius 3 is 2.59 bits per heavy atom. The first kappa shape index (κ1) is 20.3. The summed E-state index contributed by atoms with van der Waals surface area (Å²) in [6.07, 6.45) is -0.564. The molecular formula is C19H20ClFN4O2. The lowest BCUT2D eigenvalue weighted by Crippen LogP contribution is -3.00. The topological polar surface area (TPSA) is 90.5 Å². The van der Waals surface area contributed by atoms with Gasteiger partial charge >= 0.3 is 6.09 Å². The summed E-state index contributed by atoms with van der Waals surface area (Å²) in [5.41, 5.74) is 7.32. The second-order valence-corrected chi connectivity index (χ2v) is 5.65. The number of hydrogen-bond acceptors (Lipinski definition) is 4. The number of carbonyl (C=O) groups excluding carboxylic acids is 1. The molecule has 2 aromatic carbocycles. The van der Waals surface area contributed by atoms with Gasteiger partial charge in [-0.05, 0) is 30.0 Å².